The Balaban J connectivity index is 2.67. The molecule has 0 spiro atoms. The lowest BCUT2D eigenvalue weighted by atomic mass is 10.1. The standard InChI is InChI=1S/C10H20N4/c1-4-8(2)13-9(5-11)10-6-12-7-14(10)3/h6-9,13H,4-5,11H2,1-3H3. The average Bonchev–Trinajstić information content (AvgIpc) is 2.60. The van der Waals surface area contributed by atoms with Gasteiger partial charge in [-0.3, -0.25) is 0 Å². The highest BCUT2D eigenvalue weighted by atomic mass is 15.1. The van der Waals surface area contributed by atoms with Crippen molar-refractivity contribution >= 4 is 0 Å². The zero-order valence-electron chi connectivity index (χ0n) is 9.20. The van der Waals surface area contributed by atoms with Crippen molar-refractivity contribution in [3.63, 3.8) is 0 Å². The van der Waals surface area contributed by atoms with Crippen LogP contribution in [0.2, 0.25) is 0 Å². The second-order valence-corrected chi connectivity index (χ2v) is 3.69. The van der Waals surface area contributed by atoms with Gasteiger partial charge in [0, 0.05) is 25.8 Å². The molecule has 0 aliphatic carbocycles. The largest absolute Gasteiger partial charge is 0.336 e. The summed E-state index contributed by atoms with van der Waals surface area (Å²) in [6, 6.07) is 0.691. The molecule has 0 amide bonds. The van der Waals surface area contributed by atoms with Crippen molar-refractivity contribution in [1.82, 2.24) is 14.9 Å². The molecular formula is C10H20N4. The summed E-state index contributed by atoms with van der Waals surface area (Å²) in [6.07, 6.45) is 4.78. The Hall–Kier alpha value is -0.870. The molecule has 0 aromatic carbocycles. The molecule has 0 aliphatic heterocycles. The highest BCUT2D eigenvalue weighted by Crippen LogP contribution is 2.11. The third kappa shape index (κ3) is 2.56. The molecule has 0 fully saturated rings. The molecule has 0 radical (unpaired) electrons. The number of hydrogen-bond acceptors (Lipinski definition) is 3. The molecule has 1 heterocycles. The molecule has 1 rings (SSSR count). The first-order valence-corrected chi connectivity index (χ1v) is 5.11. The second-order valence-electron chi connectivity index (χ2n) is 3.69. The van der Waals surface area contributed by atoms with Crippen LogP contribution in [0.5, 0.6) is 0 Å². The van der Waals surface area contributed by atoms with Crippen molar-refractivity contribution in [3.05, 3.63) is 18.2 Å². The predicted molar refractivity (Wildman–Crippen MR) is 57.9 cm³/mol. The van der Waals surface area contributed by atoms with Crippen LogP contribution in [-0.4, -0.2) is 22.1 Å². The number of nitrogens with zero attached hydrogens (tertiary/aromatic N) is 2. The van der Waals surface area contributed by atoms with Crippen LogP contribution in [0.3, 0.4) is 0 Å². The molecule has 0 saturated carbocycles. The Kier molecular flexibility index (Phi) is 4.10. The van der Waals surface area contributed by atoms with Crippen LogP contribution in [0.25, 0.3) is 0 Å². The number of rotatable bonds is 5. The minimum absolute atomic E-state index is 0.206. The Morgan fingerprint density at radius 2 is 2.36 bits per heavy atom. The van der Waals surface area contributed by atoms with E-state index in [-0.39, 0.29) is 6.04 Å². The highest BCUT2D eigenvalue weighted by molar-refractivity contribution is 5.05. The van der Waals surface area contributed by atoms with Crippen molar-refractivity contribution in [2.75, 3.05) is 6.54 Å². The number of nitrogens with one attached hydrogen (secondary N) is 1. The minimum Gasteiger partial charge on any atom is -0.336 e. The molecule has 0 bridgehead atoms. The fourth-order valence-corrected chi connectivity index (χ4v) is 1.44. The Morgan fingerprint density at radius 3 is 2.79 bits per heavy atom. The van der Waals surface area contributed by atoms with Gasteiger partial charge in [-0.15, -0.1) is 0 Å². The van der Waals surface area contributed by atoms with Crippen LogP contribution in [0.15, 0.2) is 12.5 Å². The Bertz CT molecular complexity index is 269. The third-order valence-electron chi connectivity index (χ3n) is 2.54. The van der Waals surface area contributed by atoms with Crippen LogP contribution >= 0.6 is 0 Å². The molecule has 2 unspecified atom stereocenters. The van der Waals surface area contributed by atoms with E-state index in [0.717, 1.165) is 12.1 Å². The van der Waals surface area contributed by atoms with E-state index in [2.05, 4.69) is 24.1 Å². The third-order valence-corrected chi connectivity index (χ3v) is 2.54. The van der Waals surface area contributed by atoms with Gasteiger partial charge in [-0.2, -0.15) is 0 Å². The summed E-state index contributed by atoms with van der Waals surface area (Å²) >= 11 is 0. The monoisotopic (exact) mass is 196 g/mol. The van der Waals surface area contributed by atoms with Crippen molar-refractivity contribution in [1.29, 1.82) is 0 Å². The van der Waals surface area contributed by atoms with Crippen molar-refractivity contribution in [3.8, 4) is 0 Å². The first kappa shape index (κ1) is 11.2. The van der Waals surface area contributed by atoms with Crippen LogP contribution in [0, 0.1) is 0 Å². The van der Waals surface area contributed by atoms with Gasteiger partial charge in [-0.1, -0.05) is 6.92 Å². The lowest BCUT2D eigenvalue weighted by Crippen LogP contribution is -2.35. The minimum atomic E-state index is 0.206. The normalized spacial score (nSPS) is 15.4. The molecule has 80 valence electrons. The molecule has 3 N–H and O–H groups in total. The van der Waals surface area contributed by atoms with Gasteiger partial charge in [0.05, 0.1) is 18.1 Å². The topological polar surface area (TPSA) is 55.9 Å². The average molecular weight is 196 g/mol. The van der Waals surface area contributed by atoms with E-state index in [4.69, 9.17) is 5.73 Å². The van der Waals surface area contributed by atoms with Crippen molar-refractivity contribution in [2.45, 2.75) is 32.4 Å². The molecule has 14 heavy (non-hydrogen) atoms. The SMILES string of the molecule is CCC(C)NC(CN)c1cncn1C. The van der Waals surface area contributed by atoms with E-state index in [1.165, 1.54) is 0 Å². The van der Waals surface area contributed by atoms with Crippen LogP contribution in [0.1, 0.15) is 32.0 Å². The summed E-state index contributed by atoms with van der Waals surface area (Å²) in [4.78, 5) is 4.09. The van der Waals surface area contributed by atoms with Gasteiger partial charge in [0.25, 0.3) is 0 Å². The van der Waals surface area contributed by atoms with E-state index in [1.54, 1.807) is 6.33 Å². The van der Waals surface area contributed by atoms with Gasteiger partial charge in [0.2, 0.25) is 0 Å². The molecular weight excluding hydrogens is 176 g/mol. The summed E-state index contributed by atoms with van der Waals surface area (Å²) in [5.41, 5.74) is 6.88. The van der Waals surface area contributed by atoms with Crippen molar-refractivity contribution < 1.29 is 0 Å². The van der Waals surface area contributed by atoms with Crippen molar-refractivity contribution in [2.24, 2.45) is 12.8 Å². The lowest BCUT2D eigenvalue weighted by molar-refractivity contribution is 0.437. The number of imidazole rings is 1. The summed E-state index contributed by atoms with van der Waals surface area (Å²) in [6.45, 7) is 4.93. The highest BCUT2D eigenvalue weighted by Gasteiger charge is 2.14. The van der Waals surface area contributed by atoms with Gasteiger partial charge < -0.3 is 15.6 Å². The van der Waals surface area contributed by atoms with E-state index in [9.17, 15) is 0 Å². The van der Waals surface area contributed by atoms with Gasteiger partial charge >= 0.3 is 0 Å². The second kappa shape index (κ2) is 5.12. The molecule has 4 nitrogen and oxygen atoms in total. The summed E-state index contributed by atoms with van der Waals surface area (Å²) in [5, 5.41) is 3.47. The maximum absolute atomic E-state index is 5.73. The molecule has 0 saturated heterocycles. The van der Waals surface area contributed by atoms with Crippen LogP contribution in [-0.2, 0) is 7.05 Å². The first-order valence-electron chi connectivity index (χ1n) is 5.11. The summed E-state index contributed by atoms with van der Waals surface area (Å²) in [5.74, 6) is 0. The number of nitrogens with two attached hydrogens (primary N) is 1. The molecule has 1 aromatic rings. The van der Waals surface area contributed by atoms with Gasteiger partial charge in [-0.05, 0) is 13.3 Å². The van der Waals surface area contributed by atoms with Gasteiger partial charge in [0.1, 0.15) is 0 Å². The van der Waals surface area contributed by atoms with Gasteiger partial charge in [0.15, 0.2) is 0 Å². The number of aryl methyl sites for hydroxylation is 1. The van der Waals surface area contributed by atoms with E-state index < -0.39 is 0 Å². The molecule has 4 heteroatoms. The summed E-state index contributed by atoms with van der Waals surface area (Å²) < 4.78 is 2.01. The van der Waals surface area contributed by atoms with E-state index in [1.807, 2.05) is 17.8 Å². The smallest absolute Gasteiger partial charge is 0.0946 e. The predicted octanol–water partition coefficient (Wildman–Crippen LogP) is 0.808. The van der Waals surface area contributed by atoms with E-state index >= 15 is 0 Å². The quantitative estimate of drug-likeness (QED) is 0.732. The molecule has 1 aromatic heterocycles. The lowest BCUT2D eigenvalue weighted by Gasteiger charge is -2.21. The zero-order chi connectivity index (χ0) is 10.6. The van der Waals surface area contributed by atoms with Gasteiger partial charge in [-0.25, -0.2) is 4.98 Å². The molecule has 0 aliphatic rings. The fourth-order valence-electron chi connectivity index (χ4n) is 1.44. The Labute approximate surface area is 85.5 Å². The number of aromatic nitrogens is 2. The van der Waals surface area contributed by atoms with E-state index in [0.29, 0.717) is 12.6 Å². The first-order chi connectivity index (χ1) is 6.69. The number of hydrogen-bond donors (Lipinski definition) is 2. The maximum Gasteiger partial charge on any atom is 0.0946 e. The van der Waals surface area contributed by atoms with Crippen LogP contribution < -0.4 is 11.1 Å². The fraction of sp³-hybridized carbons (Fsp3) is 0.700. The summed E-state index contributed by atoms with van der Waals surface area (Å²) in [7, 11) is 1.99. The van der Waals surface area contributed by atoms with Crippen LogP contribution in [0.4, 0.5) is 0 Å². The maximum atomic E-state index is 5.73. The Morgan fingerprint density at radius 1 is 1.64 bits per heavy atom. The zero-order valence-corrected chi connectivity index (χ0v) is 9.20. The molecule has 2 atom stereocenters.